The highest BCUT2D eigenvalue weighted by molar-refractivity contribution is 6.37. The number of nitrogens with zero attached hydrogens (tertiary/aromatic N) is 1. The van der Waals surface area contributed by atoms with Crippen LogP contribution in [0, 0.1) is 39.8 Å². The van der Waals surface area contributed by atoms with Gasteiger partial charge in [-0.1, -0.05) is 80.4 Å². The molecule has 1 saturated heterocycles. The van der Waals surface area contributed by atoms with Crippen molar-refractivity contribution >= 4 is 35.5 Å². The van der Waals surface area contributed by atoms with E-state index in [9.17, 15) is 33.2 Å². The zero-order valence-corrected chi connectivity index (χ0v) is 29.1. The molecule has 3 unspecified atom stereocenters. The molecule has 1 aromatic carbocycles. The fourth-order valence-electron chi connectivity index (χ4n) is 6.73. The van der Waals surface area contributed by atoms with Crippen LogP contribution in [0.5, 0.6) is 0 Å². The smallest absolute Gasteiger partial charge is 0.329 e. The van der Waals surface area contributed by atoms with Crippen LogP contribution in [0.15, 0.2) is 24.3 Å². The molecule has 5 N–H and O–H groups in total. The molecular weight excluding hydrogens is 621 g/mol. The number of hydrogen-bond acceptors (Lipinski definition) is 7. The average Bonchev–Trinajstić information content (AvgIpc) is 3.83. The molecule has 6 atom stereocenters. The van der Waals surface area contributed by atoms with Gasteiger partial charge in [-0.05, 0) is 58.1 Å². The van der Waals surface area contributed by atoms with Gasteiger partial charge in [0.1, 0.15) is 30.5 Å². The maximum absolute atomic E-state index is 14.3. The minimum atomic E-state index is -1.12. The summed E-state index contributed by atoms with van der Waals surface area (Å²) in [6.07, 6.45) is 2.10. The predicted octanol–water partition coefficient (Wildman–Crippen LogP) is 2.82. The largest absolute Gasteiger partial charge is 0.459 e. The molecule has 3 fully saturated rings. The molecule has 0 bridgehead atoms. The van der Waals surface area contributed by atoms with Crippen LogP contribution in [0.3, 0.4) is 0 Å². The number of amides is 5. The number of nitrogens with two attached hydrogens (primary N) is 1. The van der Waals surface area contributed by atoms with Gasteiger partial charge < -0.3 is 31.3 Å². The summed E-state index contributed by atoms with van der Waals surface area (Å²) in [5.74, 6) is -4.06. The number of benzene rings is 1. The summed E-state index contributed by atoms with van der Waals surface area (Å²) in [6.45, 7) is 14.8. The van der Waals surface area contributed by atoms with Crippen molar-refractivity contribution in [1.29, 1.82) is 0 Å². The van der Waals surface area contributed by atoms with Crippen LogP contribution in [0.4, 0.5) is 9.18 Å². The Labute approximate surface area is 281 Å². The fraction of sp³-hybridized carbons (Fsp3) is 0.657. The molecule has 3 aliphatic rings. The molecule has 12 nitrogen and oxygen atoms in total. The van der Waals surface area contributed by atoms with Crippen molar-refractivity contribution in [2.24, 2.45) is 39.7 Å². The van der Waals surface area contributed by atoms with Gasteiger partial charge in [-0.25, -0.2) is 14.0 Å². The molecule has 264 valence electrons. The normalized spacial score (nSPS) is 23.2. The van der Waals surface area contributed by atoms with Crippen molar-refractivity contribution in [1.82, 2.24) is 20.9 Å². The third-order valence-corrected chi connectivity index (χ3v) is 9.96. The monoisotopic (exact) mass is 671 g/mol. The van der Waals surface area contributed by atoms with Crippen molar-refractivity contribution in [2.45, 2.75) is 105 Å². The minimum absolute atomic E-state index is 0.0292. The Balaban J connectivity index is 1.49. The van der Waals surface area contributed by atoms with E-state index in [0.29, 0.717) is 12.0 Å². The summed E-state index contributed by atoms with van der Waals surface area (Å²) in [6, 6.07) is 0.542. The van der Waals surface area contributed by atoms with Crippen molar-refractivity contribution in [2.75, 3.05) is 6.54 Å². The standard InChI is InChI=1S/C35H50FN5O7/c1-33(2,3)26(39-32(47)40-27(34(4,5)6)31(46)48-17-19-11-13-20(36)14-12-19)30(45)41-16-21-23(35(21,7)8)24(41)29(44)38-22(15-18-9-10-18)25(42)28(37)43/h11-14,18,21-24,26-27H,9-10,15-17H2,1-8H3,(H2,37,43)(H,38,44)(H2,39,40,47)/t21-,22?,23?,24-,26+,27?/m0/s1. The molecule has 1 heterocycles. The minimum Gasteiger partial charge on any atom is -0.459 e. The summed E-state index contributed by atoms with van der Waals surface area (Å²) < 4.78 is 18.7. The third-order valence-electron chi connectivity index (χ3n) is 9.96. The number of piperidine rings is 1. The van der Waals surface area contributed by atoms with Crippen molar-refractivity contribution < 1.29 is 37.9 Å². The van der Waals surface area contributed by atoms with Crippen molar-refractivity contribution in [3.8, 4) is 0 Å². The zero-order valence-electron chi connectivity index (χ0n) is 29.1. The average molecular weight is 672 g/mol. The molecular formula is C35H50FN5O7. The highest BCUT2D eigenvalue weighted by atomic mass is 19.1. The van der Waals surface area contributed by atoms with E-state index in [1.165, 1.54) is 29.2 Å². The van der Waals surface area contributed by atoms with Gasteiger partial charge in [-0.2, -0.15) is 0 Å². The topological polar surface area (TPSA) is 177 Å². The number of ether oxygens (including phenoxy) is 1. The van der Waals surface area contributed by atoms with Crippen LogP contribution in [0.1, 0.15) is 80.2 Å². The lowest BCUT2D eigenvalue weighted by Gasteiger charge is -2.38. The van der Waals surface area contributed by atoms with E-state index >= 15 is 0 Å². The predicted molar refractivity (Wildman–Crippen MR) is 174 cm³/mol. The van der Waals surface area contributed by atoms with E-state index in [1.807, 2.05) is 13.8 Å². The summed E-state index contributed by atoms with van der Waals surface area (Å²) in [7, 11) is 0. The van der Waals surface area contributed by atoms with E-state index in [4.69, 9.17) is 10.5 Å². The van der Waals surface area contributed by atoms with Gasteiger partial charge in [0.2, 0.25) is 17.6 Å². The molecule has 0 spiro atoms. The van der Waals surface area contributed by atoms with Gasteiger partial charge in [0, 0.05) is 6.54 Å². The third kappa shape index (κ3) is 8.33. The van der Waals surface area contributed by atoms with Crippen molar-refractivity contribution in [3.63, 3.8) is 0 Å². The van der Waals surface area contributed by atoms with Gasteiger partial charge in [-0.3, -0.25) is 19.2 Å². The van der Waals surface area contributed by atoms with Gasteiger partial charge in [0.25, 0.3) is 5.91 Å². The number of Topliss-reactive ketones (excluding diaryl/α,β-unsaturated/α-hetero) is 1. The van der Waals surface area contributed by atoms with Gasteiger partial charge in [-0.15, -0.1) is 0 Å². The summed E-state index contributed by atoms with van der Waals surface area (Å²) in [5, 5.41) is 8.16. The fourth-order valence-corrected chi connectivity index (χ4v) is 6.73. The molecule has 1 aliphatic heterocycles. The first-order valence-electron chi connectivity index (χ1n) is 16.6. The van der Waals surface area contributed by atoms with E-state index in [-0.39, 0.29) is 36.3 Å². The zero-order chi connectivity index (χ0) is 35.9. The molecule has 2 saturated carbocycles. The van der Waals surface area contributed by atoms with E-state index < -0.39 is 76.3 Å². The maximum Gasteiger partial charge on any atom is 0.329 e. The number of ketones is 1. The van der Waals surface area contributed by atoms with Crippen LogP contribution in [-0.4, -0.2) is 71.1 Å². The van der Waals surface area contributed by atoms with Crippen LogP contribution in [0.2, 0.25) is 0 Å². The number of halogens is 1. The number of esters is 1. The SMILES string of the molecule is CC(C)(C)C(NC(=O)N[C@H](C(=O)N1C[C@H]2C([C@H]1C(=O)NC(CC1CC1)C(=O)C(N)=O)C2(C)C)C(C)(C)C)C(=O)OCc1ccc(F)cc1. The molecule has 13 heteroatoms. The van der Waals surface area contributed by atoms with E-state index in [2.05, 4.69) is 16.0 Å². The second-order valence-electron chi connectivity index (χ2n) is 16.3. The summed E-state index contributed by atoms with van der Waals surface area (Å²) in [5.41, 5.74) is 4.05. The van der Waals surface area contributed by atoms with Crippen LogP contribution in [0.25, 0.3) is 0 Å². The van der Waals surface area contributed by atoms with Crippen LogP contribution < -0.4 is 21.7 Å². The Morgan fingerprint density at radius 1 is 0.938 bits per heavy atom. The van der Waals surface area contributed by atoms with Crippen molar-refractivity contribution in [3.05, 3.63) is 35.6 Å². The molecule has 0 aromatic heterocycles. The Hall–Kier alpha value is -4.03. The molecule has 5 amide bonds. The molecule has 2 aliphatic carbocycles. The first-order valence-corrected chi connectivity index (χ1v) is 16.6. The second-order valence-corrected chi connectivity index (χ2v) is 16.3. The number of primary amides is 1. The van der Waals surface area contributed by atoms with E-state index in [1.54, 1.807) is 41.5 Å². The Bertz CT molecular complexity index is 1440. The second kappa shape index (κ2) is 13.5. The van der Waals surface area contributed by atoms with Gasteiger partial charge >= 0.3 is 12.0 Å². The Morgan fingerprint density at radius 3 is 2.02 bits per heavy atom. The lowest BCUT2D eigenvalue weighted by atomic mass is 9.85. The first kappa shape index (κ1) is 36.8. The summed E-state index contributed by atoms with van der Waals surface area (Å²) >= 11 is 0. The quantitative estimate of drug-likeness (QED) is 0.195. The Morgan fingerprint density at radius 2 is 1.50 bits per heavy atom. The van der Waals surface area contributed by atoms with Crippen LogP contribution in [-0.2, 0) is 35.3 Å². The van der Waals surface area contributed by atoms with E-state index in [0.717, 1.165) is 12.8 Å². The number of carbonyl (C=O) groups excluding carboxylic acids is 6. The van der Waals surface area contributed by atoms with Crippen LogP contribution >= 0.6 is 0 Å². The number of hydrogen-bond donors (Lipinski definition) is 4. The Kier molecular flexibility index (Phi) is 10.3. The molecule has 0 radical (unpaired) electrons. The molecule has 4 rings (SSSR count). The van der Waals surface area contributed by atoms with Gasteiger partial charge in [0.05, 0.1) is 6.04 Å². The number of rotatable bonds is 12. The molecule has 1 aromatic rings. The first-order chi connectivity index (χ1) is 22.1. The van der Waals surface area contributed by atoms with Gasteiger partial charge in [0.15, 0.2) is 0 Å². The molecule has 48 heavy (non-hydrogen) atoms. The summed E-state index contributed by atoms with van der Waals surface area (Å²) in [4.78, 5) is 80.6. The highest BCUT2D eigenvalue weighted by Gasteiger charge is 2.70. The number of urea groups is 1. The number of likely N-dealkylation sites (tertiary alicyclic amines) is 1. The number of fused-ring (bicyclic) bond motifs is 1. The lowest BCUT2D eigenvalue weighted by molar-refractivity contribution is -0.150. The lowest BCUT2D eigenvalue weighted by Crippen LogP contribution is -2.62. The number of nitrogens with one attached hydrogen (secondary N) is 3. The number of carbonyl (C=O) groups is 6. The highest BCUT2D eigenvalue weighted by Crippen LogP contribution is 2.65. The maximum atomic E-state index is 14.3.